The van der Waals surface area contributed by atoms with E-state index in [1.165, 1.54) is 0 Å². The van der Waals surface area contributed by atoms with Gasteiger partial charge in [-0.25, -0.2) is 4.79 Å². The summed E-state index contributed by atoms with van der Waals surface area (Å²) in [7, 11) is 0. The monoisotopic (exact) mass is 325 g/mol. The Kier molecular flexibility index (Phi) is 7.06. The van der Waals surface area contributed by atoms with Gasteiger partial charge in [0.1, 0.15) is 11.6 Å². The topological polar surface area (TPSA) is 129 Å². The molecule has 0 aromatic heterocycles. The van der Waals surface area contributed by atoms with Gasteiger partial charge in [0.25, 0.3) is 5.91 Å². The van der Waals surface area contributed by atoms with Crippen molar-refractivity contribution >= 4 is 23.9 Å². The van der Waals surface area contributed by atoms with Crippen molar-refractivity contribution in [2.24, 2.45) is 0 Å². The maximum Gasteiger partial charge on any atom is 0.328 e. The third kappa shape index (κ3) is 5.92. The first-order valence-corrected chi connectivity index (χ1v) is 7.72. The fourth-order valence-electron chi connectivity index (χ4n) is 2.46. The molecule has 1 amide bonds. The number of hydrogen-bond acceptors (Lipinski definition) is 5. The van der Waals surface area contributed by atoms with E-state index in [2.05, 4.69) is 10.1 Å². The molecule has 1 aliphatic rings. The molecule has 8 nitrogen and oxygen atoms in total. The zero-order valence-corrected chi connectivity index (χ0v) is 13.4. The van der Waals surface area contributed by atoms with Crippen LogP contribution in [0.5, 0.6) is 0 Å². The molecule has 0 spiro atoms. The molecular formula is C15H23N3O5. The van der Waals surface area contributed by atoms with Crippen molar-refractivity contribution in [2.75, 3.05) is 0 Å². The zero-order chi connectivity index (χ0) is 17.5. The Balaban J connectivity index is 2.73. The predicted molar refractivity (Wildman–Crippen MR) is 80.5 cm³/mol. The van der Waals surface area contributed by atoms with Gasteiger partial charge in [-0.3, -0.25) is 9.59 Å². The molecule has 8 heteroatoms. The number of nitrogens with zero attached hydrogens (tertiary/aromatic N) is 2. The molecule has 0 heterocycles. The van der Waals surface area contributed by atoms with Gasteiger partial charge < -0.3 is 20.7 Å². The summed E-state index contributed by atoms with van der Waals surface area (Å²) in [5.74, 6) is -1.77. The minimum Gasteiger partial charge on any atom is -0.461 e. The molecule has 128 valence electrons. The number of esters is 1. The number of carbonyl (C=O) groups is 3. The summed E-state index contributed by atoms with van der Waals surface area (Å²) in [6, 6.07) is -1.04. The van der Waals surface area contributed by atoms with Gasteiger partial charge in [0, 0.05) is 6.42 Å². The van der Waals surface area contributed by atoms with E-state index in [-0.39, 0.29) is 18.9 Å². The maximum atomic E-state index is 12.2. The van der Waals surface area contributed by atoms with Gasteiger partial charge in [0.05, 0.1) is 6.10 Å². The summed E-state index contributed by atoms with van der Waals surface area (Å²) in [4.78, 5) is 38.3. The van der Waals surface area contributed by atoms with Gasteiger partial charge in [0.15, 0.2) is 0 Å². The van der Waals surface area contributed by atoms with Crippen molar-refractivity contribution in [1.82, 2.24) is 5.32 Å². The summed E-state index contributed by atoms with van der Waals surface area (Å²) in [6.07, 6.45) is 2.45. The number of ether oxygens (including phenoxy) is 1. The first-order chi connectivity index (χ1) is 10.8. The molecule has 0 unspecified atom stereocenters. The van der Waals surface area contributed by atoms with Crippen molar-refractivity contribution in [3.63, 3.8) is 0 Å². The van der Waals surface area contributed by atoms with Crippen LogP contribution in [-0.2, 0) is 19.1 Å². The third-order valence-electron chi connectivity index (χ3n) is 3.68. The molecule has 2 N–H and O–H groups in total. The van der Waals surface area contributed by atoms with Crippen molar-refractivity contribution in [2.45, 2.75) is 70.1 Å². The lowest BCUT2D eigenvalue weighted by molar-refractivity contribution is -0.154. The van der Waals surface area contributed by atoms with E-state index in [1.54, 1.807) is 13.8 Å². The van der Waals surface area contributed by atoms with Crippen LogP contribution in [0.3, 0.4) is 0 Å². The summed E-state index contributed by atoms with van der Waals surface area (Å²) < 4.78 is 5.07. The third-order valence-corrected chi connectivity index (χ3v) is 3.68. The van der Waals surface area contributed by atoms with E-state index in [1.807, 2.05) is 0 Å². The Morgan fingerprint density at radius 3 is 2.48 bits per heavy atom. The highest BCUT2D eigenvalue weighted by molar-refractivity contribution is 6.25. The number of aliphatic hydroxyl groups is 1. The fraction of sp³-hybridized carbons (Fsp3) is 0.733. The average Bonchev–Trinajstić information content (AvgIpc) is 2.90. The lowest BCUT2D eigenvalue weighted by Crippen LogP contribution is -2.52. The highest BCUT2D eigenvalue weighted by atomic mass is 16.5. The fourth-order valence-corrected chi connectivity index (χ4v) is 2.46. The Bertz CT molecular complexity index is 505. The number of ketones is 1. The Hall–Kier alpha value is -2.05. The van der Waals surface area contributed by atoms with Crippen LogP contribution in [0.25, 0.3) is 5.53 Å². The molecule has 1 fully saturated rings. The van der Waals surface area contributed by atoms with E-state index in [4.69, 9.17) is 10.3 Å². The van der Waals surface area contributed by atoms with Crippen molar-refractivity contribution in [3.8, 4) is 0 Å². The van der Waals surface area contributed by atoms with Crippen LogP contribution in [0.15, 0.2) is 0 Å². The molecule has 0 aromatic rings. The Morgan fingerprint density at radius 2 is 1.96 bits per heavy atom. The van der Waals surface area contributed by atoms with Crippen molar-refractivity contribution in [1.29, 1.82) is 0 Å². The van der Waals surface area contributed by atoms with Crippen LogP contribution < -0.4 is 5.32 Å². The number of rotatable bonds is 8. The predicted octanol–water partition coefficient (Wildman–Crippen LogP) is 0.378. The zero-order valence-electron chi connectivity index (χ0n) is 13.4. The van der Waals surface area contributed by atoms with Crippen molar-refractivity contribution in [3.05, 3.63) is 5.53 Å². The van der Waals surface area contributed by atoms with Crippen LogP contribution in [0.4, 0.5) is 0 Å². The second-order valence-corrected chi connectivity index (χ2v) is 6.00. The van der Waals surface area contributed by atoms with Crippen LogP contribution in [-0.4, -0.2) is 51.5 Å². The number of Topliss-reactive ketones (excluding diaryl/α,β-unsaturated/α-hetero) is 1. The largest absolute Gasteiger partial charge is 0.461 e. The minimum absolute atomic E-state index is 0.00176. The van der Waals surface area contributed by atoms with E-state index in [0.29, 0.717) is 12.8 Å². The molecule has 23 heavy (non-hydrogen) atoms. The van der Waals surface area contributed by atoms with Gasteiger partial charge in [-0.05, 0) is 46.0 Å². The van der Waals surface area contributed by atoms with Gasteiger partial charge in [0.2, 0.25) is 5.78 Å². The van der Waals surface area contributed by atoms with Crippen molar-refractivity contribution < 1.29 is 29.0 Å². The molecule has 0 radical (unpaired) electrons. The highest BCUT2D eigenvalue weighted by Gasteiger charge is 2.40. The van der Waals surface area contributed by atoms with Gasteiger partial charge >= 0.3 is 12.2 Å². The number of nitrogens with one attached hydrogen (secondary N) is 1. The number of carbonyl (C=O) groups excluding carboxylic acids is 3. The smallest absolute Gasteiger partial charge is 0.328 e. The second-order valence-electron chi connectivity index (χ2n) is 6.00. The van der Waals surface area contributed by atoms with E-state index in [9.17, 15) is 19.5 Å². The first-order valence-electron chi connectivity index (χ1n) is 7.72. The minimum atomic E-state index is -1.47. The number of hydrogen-bond donors (Lipinski definition) is 2. The van der Waals surface area contributed by atoms with Crippen LogP contribution in [0.1, 0.15) is 52.4 Å². The Labute approximate surface area is 134 Å². The van der Waals surface area contributed by atoms with E-state index in [0.717, 1.165) is 19.1 Å². The standard InChI is InChI=1S/C15H23N3O5/c1-10(2)23-13(20)12(6-5-11(19)9-17-16)18-14(21)15(22)7-3-4-8-15/h9-10,12,22H,3-8H2,1-2H3,(H,18,21)/t12-/m0/s1. The number of amides is 1. The van der Waals surface area contributed by atoms with Crippen LogP contribution in [0.2, 0.25) is 0 Å². The quantitative estimate of drug-likeness (QED) is 0.288. The lowest BCUT2D eigenvalue weighted by atomic mass is 10.00. The summed E-state index contributed by atoms with van der Waals surface area (Å²) in [6.45, 7) is 3.34. The van der Waals surface area contributed by atoms with Crippen LogP contribution in [0, 0.1) is 0 Å². The molecule has 1 atom stereocenters. The SMILES string of the molecule is CC(C)OC(=O)[C@H](CCC(=O)C=[N+]=[N-])NC(=O)C1(O)CCCC1. The van der Waals surface area contributed by atoms with Crippen LogP contribution >= 0.6 is 0 Å². The van der Waals surface area contributed by atoms with Gasteiger partial charge in [-0.1, -0.05) is 0 Å². The van der Waals surface area contributed by atoms with E-state index < -0.39 is 29.3 Å². The summed E-state index contributed by atoms with van der Waals surface area (Å²) in [5, 5.41) is 12.7. The first kappa shape index (κ1) is 19.0. The second kappa shape index (κ2) is 8.55. The molecule has 1 saturated carbocycles. The normalized spacial score (nSPS) is 17.2. The Morgan fingerprint density at radius 1 is 1.35 bits per heavy atom. The molecule has 0 aliphatic heterocycles. The van der Waals surface area contributed by atoms with Gasteiger partial charge in [-0.2, -0.15) is 4.79 Å². The maximum absolute atomic E-state index is 12.2. The highest BCUT2D eigenvalue weighted by Crippen LogP contribution is 2.29. The lowest BCUT2D eigenvalue weighted by Gasteiger charge is -2.25. The molecule has 0 aromatic carbocycles. The summed E-state index contributed by atoms with van der Waals surface area (Å²) >= 11 is 0. The average molecular weight is 325 g/mol. The molecule has 1 rings (SSSR count). The molecule has 1 aliphatic carbocycles. The molecular weight excluding hydrogens is 302 g/mol. The van der Waals surface area contributed by atoms with Gasteiger partial charge in [-0.15, -0.1) is 0 Å². The van der Waals surface area contributed by atoms with E-state index >= 15 is 0 Å². The molecule has 0 bridgehead atoms. The summed E-state index contributed by atoms with van der Waals surface area (Å²) in [5.41, 5.74) is 6.84. The molecule has 0 saturated heterocycles.